The molecule has 0 aromatic heterocycles. The first-order chi connectivity index (χ1) is 9.75. The highest BCUT2D eigenvalue weighted by Gasteiger charge is 2.36. The number of rotatable bonds is 3. The van der Waals surface area contributed by atoms with Crippen molar-refractivity contribution in [2.75, 3.05) is 0 Å². The van der Waals surface area contributed by atoms with E-state index in [1.165, 1.54) is 22.5 Å². The topological polar surface area (TPSA) is 74.7 Å². The molecule has 0 unspecified atom stereocenters. The Kier molecular flexibility index (Phi) is 4.75. The van der Waals surface area contributed by atoms with Gasteiger partial charge in [0.05, 0.1) is 10.5 Å². The normalized spacial score (nSPS) is 24.0. The van der Waals surface area contributed by atoms with E-state index in [1.54, 1.807) is 0 Å². The summed E-state index contributed by atoms with van der Waals surface area (Å²) in [5.41, 5.74) is -0.0478. The van der Waals surface area contributed by atoms with Crippen LogP contribution in [0, 0.1) is 0 Å². The second-order valence-electron chi connectivity index (χ2n) is 5.41. The van der Waals surface area contributed by atoms with Gasteiger partial charge < -0.3 is 5.11 Å². The number of carbonyl (C=O) groups is 1. The van der Waals surface area contributed by atoms with E-state index < -0.39 is 16.0 Å². The van der Waals surface area contributed by atoms with Gasteiger partial charge in [0, 0.05) is 16.6 Å². The summed E-state index contributed by atoms with van der Waals surface area (Å²) in [4.78, 5) is 11.2. The van der Waals surface area contributed by atoms with Gasteiger partial charge >= 0.3 is 5.97 Å². The minimum atomic E-state index is -3.68. The zero-order valence-corrected chi connectivity index (χ0v) is 14.3. The molecule has 1 aromatic rings. The molecule has 116 valence electrons. The maximum atomic E-state index is 12.8. The lowest BCUT2D eigenvalue weighted by atomic mass is 10.0. The quantitative estimate of drug-likeness (QED) is 0.880. The standard InChI is InChI=1S/C14H18BrNO4S/c1-9-4-3-5-10(2)16(9)21(19,20)11-6-7-13(15)12(8-11)14(17)18/h6-10H,3-5H2,1-2H3,(H,17,18)/t9-,10+. The fraction of sp³-hybridized carbons (Fsp3) is 0.500. The molecule has 1 aliphatic heterocycles. The van der Waals surface area contributed by atoms with Crippen molar-refractivity contribution in [3.63, 3.8) is 0 Å². The van der Waals surface area contributed by atoms with Crippen LogP contribution in [0.4, 0.5) is 0 Å². The number of carboxylic acids is 1. The molecule has 0 bridgehead atoms. The highest BCUT2D eigenvalue weighted by Crippen LogP contribution is 2.31. The Morgan fingerprint density at radius 3 is 2.38 bits per heavy atom. The lowest BCUT2D eigenvalue weighted by molar-refractivity contribution is 0.0695. The highest BCUT2D eigenvalue weighted by molar-refractivity contribution is 9.10. The van der Waals surface area contributed by atoms with Crippen molar-refractivity contribution in [1.82, 2.24) is 4.31 Å². The van der Waals surface area contributed by atoms with E-state index in [-0.39, 0.29) is 22.5 Å². The Hall–Kier alpha value is -0.920. The number of sulfonamides is 1. The third-order valence-corrected chi connectivity index (χ3v) is 6.67. The van der Waals surface area contributed by atoms with Crippen LogP contribution in [0.3, 0.4) is 0 Å². The molecular weight excluding hydrogens is 358 g/mol. The van der Waals surface area contributed by atoms with Gasteiger partial charge in [-0.2, -0.15) is 4.31 Å². The van der Waals surface area contributed by atoms with E-state index in [4.69, 9.17) is 5.11 Å². The number of carboxylic acid groups (broad SMARTS) is 1. The van der Waals surface area contributed by atoms with Crippen LogP contribution in [0.5, 0.6) is 0 Å². The van der Waals surface area contributed by atoms with Crippen LogP contribution in [0.15, 0.2) is 27.6 Å². The van der Waals surface area contributed by atoms with Crippen LogP contribution < -0.4 is 0 Å². The van der Waals surface area contributed by atoms with Gasteiger partial charge in [-0.1, -0.05) is 6.42 Å². The Bertz CT molecular complexity index is 649. The van der Waals surface area contributed by atoms with Crippen LogP contribution >= 0.6 is 15.9 Å². The first-order valence-corrected chi connectivity index (χ1v) is 9.05. The number of aromatic carboxylic acids is 1. The maximum absolute atomic E-state index is 12.8. The molecule has 1 saturated heterocycles. The highest BCUT2D eigenvalue weighted by atomic mass is 79.9. The number of piperidine rings is 1. The molecule has 0 radical (unpaired) electrons. The summed E-state index contributed by atoms with van der Waals surface area (Å²) in [6, 6.07) is 3.98. The molecule has 1 fully saturated rings. The van der Waals surface area contributed by atoms with Gasteiger partial charge in [0.25, 0.3) is 0 Å². The van der Waals surface area contributed by atoms with Crippen LogP contribution in [0.1, 0.15) is 43.5 Å². The fourth-order valence-corrected chi connectivity index (χ4v) is 5.15. The van der Waals surface area contributed by atoms with Gasteiger partial charge in [-0.15, -0.1) is 0 Å². The zero-order valence-electron chi connectivity index (χ0n) is 11.9. The summed E-state index contributed by atoms with van der Waals surface area (Å²) >= 11 is 3.13. The summed E-state index contributed by atoms with van der Waals surface area (Å²) < 4.78 is 27.5. The zero-order chi connectivity index (χ0) is 15.8. The second-order valence-corrected chi connectivity index (χ2v) is 8.11. The van der Waals surface area contributed by atoms with Gasteiger partial charge in [-0.25, -0.2) is 13.2 Å². The first-order valence-electron chi connectivity index (χ1n) is 6.81. The third kappa shape index (κ3) is 3.14. The third-order valence-electron chi connectivity index (χ3n) is 3.86. The molecule has 7 heteroatoms. The summed E-state index contributed by atoms with van der Waals surface area (Å²) in [6.07, 6.45) is 2.66. The second kappa shape index (κ2) is 6.06. The van der Waals surface area contributed by atoms with Crippen molar-refractivity contribution >= 4 is 31.9 Å². The largest absolute Gasteiger partial charge is 0.478 e. The van der Waals surface area contributed by atoms with Gasteiger partial charge in [-0.3, -0.25) is 0 Å². The lowest BCUT2D eigenvalue weighted by Crippen LogP contribution is -2.47. The van der Waals surface area contributed by atoms with Gasteiger partial charge in [-0.05, 0) is 60.8 Å². The molecule has 0 aliphatic carbocycles. The first kappa shape index (κ1) is 16.5. The molecule has 1 N–H and O–H groups in total. The molecular formula is C14H18BrNO4S. The summed E-state index contributed by atoms with van der Waals surface area (Å²) in [5, 5.41) is 9.13. The summed E-state index contributed by atoms with van der Waals surface area (Å²) in [5.74, 6) is -1.15. The number of benzene rings is 1. The van der Waals surface area contributed by atoms with Gasteiger partial charge in [0.2, 0.25) is 10.0 Å². The molecule has 0 amide bonds. The average Bonchev–Trinajstić information content (AvgIpc) is 2.38. The monoisotopic (exact) mass is 375 g/mol. The van der Waals surface area contributed by atoms with E-state index in [0.29, 0.717) is 4.47 Å². The SMILES string of the molecule is C[C@@H]1CCC[C@H](C)N1S(=O)(=O)c1ccc(Br)c(C(=O)O)c1. The van der Waals surface area contributed by atoms with E-state index in [1.807, 2.05) is 13.8 Å². The average molecular weight is 376 g/mol. The van der Waals surface area contributed by atoms with E-state index in [9.17, 15) is 13.2 Å². The Balaban J connectivity index is 2.48. The van der Waals surface area contributed by atoms with E-state index in [0.717, 1.165) is 19.3 Å². The van der Waals surface area contributed by atoms with E-state index in [2.05, 4.69) is 15.9 Å². The molecule has 1 aromatic carbocycles. The molecule has 5 nitrogen and oxygen atoms in total. The summed E-state index contributed by atoms with van der Waals surface area (Å²) in [6.45, 7) is 3.79. The molecule has 2 atom stereocenters. The summed E-state index contributed by atoms with van der Waals surface area (Å²) in [7, 11) is -3.68. The fourth-order valence-electron chi connectivity index (χ4n) is 2.82. The van der Waals surface area contributed by atoms with Crippen molar-refractivity contribution in [1.29, 1.82) is 0 Å². The predicted molar refractivity (Wildman–Crippen MR) is 82.9 cm³/mol. The number of halogens is 1. The van der Waals surface area contributed by atoms with Crippen molar-refractivity contribution in [2.24, 2.45) is 0 Å². The molecule has 1 aliphatic rings. The lowest BCUT2D eigenvalue weighted by Gasteiger charge is -2.37. The van der Waals surface area contributed by atoms with E-state index >= 15 is 0 Å². The van der Waals surface area contributed by atoms with Crippen LogP contribution in [0.25, 0.3) is 0 Å². The minimum absolute atomic E-state index is 0.0312. The van der Waals surface area contributed by atoms with Crippen LogP contribution in [0.2, 0.25) is 0 Å². The number of hydrogen-bond acceptors (Lipinski definition) is 3. The number of nitrogens with zero attached hydrogens (tertiary/aromatic N) is 1. The molecule has 2 rings (SSSR count). The smallest absolute Gasteiger partial charge is 0.336 e. The van der Waals surface area contributed by atoms with Crippen molar-refractivity contribution < 1.29 is 18.3 Å². The predicted octanol–water partition coefficient (Wildman–Crippen LogP) is 3.10. The van der Waals surface area contributed by atoms with Gasteiger partial charge in [0.15, 0.2) is 0 Å². The maximum Gasteiger partial charge on any atom is 0.336 e. The molecule has 21 heavy (non-hydrogen) atoms. The Labute approximate surface area is 133 Å². The van der Waals surface area contributed by atoms with Crippen LogP contribution in [-0.2, 0) is 10.0 Å². The number of hydrogen-bond donors (Lipinski definition) is 1. The Morgan fingerprint density at radius 1 is 1.29 bits per heavy atom. The van der Waals surface area contributed by atoms with Gasteiger partial charge in [0.1, 0.15) is 0 Å². The van der Waals surface area contributed by atoms with Crippen LogP contribution in [-0.4, -0.2) is 35.9 Å². The van der Waals surface area contributed by atoms with Crippen molar-refractivity contribution in [3.05, 3.63) is 28.2 Å². The molecule has 0 saturated carbocycles. The minimum Gasteiger partial charge on any atom is -0.478 e. The van der Waals surface area contributed by atoms with Crippen molar-refractivity contribution in [3.8, 4) is 0 Å². The Morgan fingerprint density at radius 2 is 1.86 bits per heavy atom. The molecule has 1 heterocycles. The molecule has 0 spiro atoms. The van der Waals surface area contributed by atoms with Crippen molar-refractivity contribution in [2.45, 2.75) is 50.1 Å².